The maximum absolute atomic E-state index is 12.5. The summed E-state index contributed by atoms with van der Waals surface area (Å²) < 4.78 is 10.5. The van der Waals surface area contributed by atoms with Crippen LogP contribution < -0.4 is 5.32 Å². The number of benzene rings is 1. The molecule has 3 rings (SSSR count). The lowest BCUT2D eigenvalue weighted by atomic mass is 10.1. The van der Waals surface area contributed by atoms with Crippen molar-refractivity contribution in [2.24, 2.45) is 0 Å². The van der Waals surface area contributed by atoms with Crippen LogP contribution in [0.25, 0.3) is 11.3 Å². The standard InChI is InChI=1S/C17H15N3O4S/c1-10-14(15(20-24-10)12-6-4-3-5-7-12)16(22)23-8-13-9-25-17(19-13)18-11(2)21/h3-7,9H,8H2,1-2H3,(H,18,19,21). The van der Waals surface area contributed by atoms with Gasteiger partial charge in [0.05, 0.1) is 5.69 Å². The van der Waals surface area contributed by atoms with Gasteiger partial charge in [-0.2, -0.15) is 0 Å². The minimum Gasteiger partial charge on any atom is -0.455 e. The smallest absolute Gasteiger partial charge is 0.344 e. The zero-order chi connectivity index (χ0) is 17.8. The highest BCUT2D eigenvalue weighted by Crippen LogP contribution is 2.26. The van der Waals surface area contributed by atoms with Gasteiger partial charge in [0.25, 0.3) is 0 Å². The van der Waals surface area contributed by atoms with Crippen LogP contribution in [-0.2, 0) is 16.1 Å². The Bertz CT molecular complexity index is 902. The summed E-state index contributed by atoms with van der Waals surface area (Å²) >= 11 is 1.26. The first kappa shape index (κ1) is 16.8. The van der Waals surface area contributed by atoms with Crippen LogP contribution in [0.1, 0.15) is 28.7 Å². The van der Waals surface area contributed by atoms with Crippen LogP contribution in [0.4, 0.5) is 5.13 Å². The summed E-state index contributed by atoms with van der Waals surface area (Å²) in [4.78, 5) is 27.6. The number of nitrogens with zero attached hydrogens (tertiary/aromatic N) is 2. The lowest BCUT2D eigenvalue weighted by Crippen LogP contribution is -2.08. The number of esters is 1. The normalized spacial score (nSPS) is 10.5. The van der Waals surface area contributed by atoms with Gasteiger partial charge in [0.2, 0.25) is 5.91 Å². The van der Waals surface area contributed by atoms with Crippen molar-refractivity contribution >= 4 is 28.3 Å². The molecule has 0 aliphatic carbocycles. The predicted octanol–water partition coefficient (Wildman–Crippen LogP) is 3.42. The van der Waals surface area contributed by atoms with Gasteiger partial charge in [-0.1, -0.05) is 35.5 Å². The summed E-state index contributed by atoms with van der Waals surface area (Å²) in [6.07, 6.45) is 0. The fraction of sp³-hybridized carbons (Fsp3) is 0.176. The zero-order valence-corrected chi connectivity index (χ0v) is 14.4. The van der Waals surface area contributed by atoms with Crippen molar-refractivity contribution in [2.75, 3.05) is 5.32 Å². The van der Waals surface area contributed by atoms with Gasteiger partial charge in [-0.25, -0.2) is 9.78 Å². The molecule has 2 aromatic heterocycles. The van der Waals surface area contributed by atoms with Crippen molar-refractivity contribution in [3.8, 4) is 11.3 Å². The molecule has 128 valence electrons. The van der Waals surface area contributed by atoms with E-state index in [0.717, 1.165) is 5.56 Å². The quantitative estimate of drug-likeness (QED) is 0.703. The Balaban J connectivity index is 1.73. The van der Waals surface area contributed by atoms with Crippen molar-refractivity contribution < 1.29 is 18.8 Å². The van der Waals surface area contributed by atoms with Gasteiger partial charge in [-0.05, 0) is 6.92 Å². The van der Waals surface area contributed by atoms with Gasteiger partial charge in [0.1, 0.15) is 23.6 Å². The first-order chi connectivity index (χ1) is 12.0. The number of anilines is 1. The number of ether oxygens (including phenoxy) is 1. The highest BCUT2D eigenvalue weighted by molar-refractivity contribution is 7.13. The minimum absolute atomic E-state index is 0.00618. The van der Waals surface area contributed by atoms with Crippen LogP contribution in [0, 0.1) is 6.92 Å². The molecule has 0 aliphatic heterocycles. The number of amides is 1. The van der Waals surface area contributed by atoms with E-state index in [1.165, 1.54) is 18.3 Å². The number of carbonyl (C=O) groups is 2. The number of thiazole rings is 1. The van der Waals surface area contributed by atoms with Crippen molar-refractivity contribution in [1.29, 1.82) is 0 Å². The average molecular weight is 357 g/mol. The topological polar surface area (TPSA) is 94.3 Å². The highest BCUT2D eigenvalue weighted by atomic mass is 32.1. The van der Waals surface area contributed by atoms with Crippen molar-refractivity contribution in [3.63, 3.8) is 0 Å². The third-order valence-electron chi connectivity index (χ3n) is 3.30. The molecule has 0 aliphatic rings. The van der Waals surface area contributed by atoms with Crippen LogP contribution in [0.15, 0.2) is 40.2 Å². The number of hydrogen-bond acceptors (Lipinski definition) is 7. The van der Waals surface area contributed by atoms with Crippen LogP contribution in [-0.4, -0.2) is 22.0 Å². The molecule has 2 heterocycles. The van der Waals surface area contributed by atoms with Crippen molar-refractivity contribution in [3.05, 3.63) is 52.7 Å². The Morgan fingerprint density at radius 1 is 1.28 bits per heavy atom. The fourth-order valence-electron chi connectivity index (χ4n) is 2.20. The zero-order valence-electron chi connectivity index (χ0n) is 13.6. The molecular formula is C17H15N3O4S. The number of rotatable bonds is 5. The van der Waals surface area contributed by atoms with Crippen LogP contribution in [0.5, 0.6) is 0 Å². The molecule has 25 heavy (non-hydrogen) atoms. The lowest BCUT2D eigenvalue weighted by molar-refractivity contribution is -0.114. The molecule has 1 amide bonds. The monoisotopic (exact) mass is 357 g/mol. The summed E-state index contributed by atoms with van der Waals surface area (Å²) in [5.74, 6) is -0.349. The van der Waals surface area contributed by atoms with Gasteiger partial charge in [0, 0.05) is 17.9 Å². The first-order valence-electron chi connectivity index (χ1n) is 7.45. The van der Waals surface area contributed by atoms with Crippen molar-refractivity contribution in [1.82, 2.24) is 10.1 Å². The largest absolute Gasteiger partial charge is 0.455 e. The second-order valence-corrected chi connectivity index (χ2v) is 6.09. The number of aryl methyl sites for hydroxylation is 1. The molecule has 7 nitrogen and oxygen atoms in total. The number of nitrogens with one attached hydrogen (secondary N) is 1. The van der Waals surface area contributed by atoms with Crippen LogP contribution in [0.2, 0.25) is 0 Å². The van der Waals surface area contributed by atoms with E-state index >= 15 is 0 Å². The van der Waals surface area contributed by atoms with Gasteiger partial charge < -0.3 is 14.6 Å². The average Bonchev–Trinajstić information content (AvgIpc) is 3.19. The van der Waals surface area contributed by atoms with Crippen molar-refractivity contribution in [2.45, 2.75) is 20.5 Å². The van der Waals surface area contributed by atoms with Gasteiger partial charge in [0.15, 0.2) is 5.13 Å². The molecule has 0 atom stereocenters. The third-order valence-corrected chi connectivity index (χ3v) is 4.11. The molecule has 0 saturated heterocycles. The Morgan fingerprint density at radius 3 is 2.76 bits per heavy atom. The molecule has 0 unspecified atom stereocenters. The SMILES string of the molecule is CC(=O)Nc1nc(COC(=O)c2c(-c3ccccc3)noc2C)cs1. The Hall–Kier alpha value is -3.00. The molecule has 8 heteroatoms. The number of aromatic nitrogens is 2. The van der Waals surface area contributed by atoms with Crippen LogP contribution in [0.3, 0.4) is 0 Å². The fourth-order valence-corrected chi connectivity index (χ4v) is 2.94. The summed E-state index contributed by atoms with van der Waals surface area (Å²) in [6.45, 7) is 3.06. The van der Waals surface area contributed by atoms with E-state index in [0.29, 0.717) is 27.8 Å². The highest BCUT2D eigenvalue weighted by Gasteiger charge is 2.23. The molecule has 0 bridgehead atoms. The van der Waals surface area contributed by atoms with E-state index in [4.69, 9.17) is 9.26 Å². The van der Waals surface area contributed by atoms with E-state index in [2.05, 4.69) is 15.5 Å². The molecule has 0 radical (unpaired) electrons. The molecule has 1 N–H and O–H groups in total. The molecule has 0 spiro atoms. The van der Waals surface area contributed by atoms with Crippen LogP contribution >= 0.6 is 11.3 Å². The molecule has 0 fully saturated rings. The van der Waals surface area contributed by atoms with E-state index in [-0.39, 0.29) is 12.5 Å². The van der Waals surface area contributed by atoms with Gasteiger partial charge >= 0.3 is 5.97 Å². The first-order valence-corrected chi connectivity index (χ1v) is 8.33. The lowest BCUT2D eigenvalue weighted by Gasteiger charge is -2.04. The Morgan fingerprint density at radius 2 is 2.04 bits per heavy atom. The Labute approximate surface area is 147 Å². The second-order valence-electron chi connectivity index (χ2n) is 5.23. The van der Waals surface area contributed by atoms with E-state index < -0.39 is 5.97 Å². The molecule has 1 aromatic carbocycles. The summed E-state index contributed by atoms with van der Waals surface area (Å²) in [5, 5.41) is 8.73. The summed E-state index contributed by atoms with van der Waals surface area (Å²) in [5.41, 5.74) is 2.06. The Kier molecular flexibility index (Phi) is 4.90. The van der Waals surface area contributed by atoms with E-state index in [1.54, 1.807) is 12.3 Å². The predicted molar refractivity (Wildman–Crippen MR) is 92.2 cm³/mol. The summed E-state index contributed by atoms with van der Waals surface area (Å²) in [7, 11) is 0. The third kappa shape index (κ3) is 3.92. The maximum atomic E-state index is 12.5. The molecular weight excluding hydrogens is 342 g/mol. The van der Waals surface area contributed by atoms with E-state index in [9.17, 15) is 9.59 Å². The molecule has 3 aromatic rings. The molecule has 0 saturated carbocycles. The summed E-state index contributed by atoms with van der Waals surface area (Å²) in [6, 6.07) is 9.27. The number of carbonyl (C=O) groups excluding carboxylic acids is 2. The number of hydrogen-bond donors (Lipinski definition) is 1. The van der Waals surface area contributed by atoms with Gasteiger partial charge in [-0.3, -0.25) is 4.79 Å². The maximum Gasteiger partial charge on any atom is 0.344 e. The minimum atomic E-state index is -0.535. The van der Waals surface area contributed by atoms with E-state index in [1.807, 2.05) is 30.3 Å². The van der Waals surface area contributed by atoms with Gasteiger partial charge in [-0.15, -0.1) is 11.3 Å². The second kappa shape index (κ2) is 7.27.